The minimum absolute atomic E-state index is 0.309. The van der Waals surface area contributed by atoms with E-state index in [2.05, 4.69) is 22.3 Å². The highest BCUT2D eigenvalue weighted by Crippen LogP contribution is 2.20. The summed E-state index contributed by atoms with van der Waals surface area (Å²) < 4.78 is 7.20. The van der Waals surface area contributed by atoms with Crippen molar-refractivity contribution in [1.82, 2.24) is 14.6 Å². The molecule has 2 unspecified atom stereocenters. The van der Waals surface area contributed by atoms with Crippen LogP contribution in [0, 0.1) is 5.92 Å². The van der Waals surface area contributed by atoms with E-state index in [1.165, 1.54) is 0 Å². The first-order chi connectivity index (χ1) is 8.72. The molecule has 2 aromatic rings. The van der Waals surface area contributed by atoms with Gasteiger partial charge in [-0.25, -0.2) is 4.52 Å². The number of rotatable bonds is 3. The van der Waals surface area contributed by atoms with E-state index in [4.69, 9.17) is 16.3 Å². The topological polar surface area (TPSA) is 51.5 Å². The van der Waals surface area contributed by atoms with Crippen LogP contribution >= 0.6 is 11.6 Å². The van der Waals surface area contributed by atoms with Crippen molar-refractivity contribution in [3.05, 3.63) is 23.4 Å². The van der Waals surface area contributed by atoms with Crippen LogP contribution in [0.5, 0.6) is 0 Å². The van der Waals surface area contributed by atoms with Crippen molar-refractivity contribution in [3.63, 3.8) is 0 Å². The molecule has 0 bridgehead atoms. The van der Waals surface area contributed by atoms with Crippen LogP contribution in [0.4, 0.5) is 5.95 Å². The molecule has 2 atom stereocenters. The van der Waals surface area contributed by atoms with Crippen molar-refractivity contribution < 1.29 is 4.74 Å². The highest BCUT2D eigenvalue weighted by molar-refractivity contribution is 6.30. The fraction of sp³-hybridized carbons (Fsp3) is 0.500. The lowest BCUT2D eigenvalue weighted by Gasteiger charge is -2.13. The number of pyridine rings is 1. The Morgan fingerprint density at radius 3 is 3.22 bits per heavy atom. The molecule has 0 radical (unpaired) electrons. The molecule has 6 heteroatoms. The Balaban J connectivity index is 1.71. The zero-order valence-corrected chi connectivity index (χ0v) is 10.9. The van der Waals surface area contributed by atoms with E-state index in [0.717, 1.165) is 25.2 Å². The second-order valence-electron chi connectivity index (χ2n) is 4.59. The molecule has 18 heavy (non-hydrogen) atoms. The average molecular weight is 267 g/mol. The van der Waals surface area contributed by atoms with Gasteiger partial charge in [0.25, 0.3) is 0 Å². The second-order valence-corrected chi connectivity index (χ2v) is 5.03. The molecule has 1 aliphatic rings. The summed E-state index contributed by atoms with van der Waals surface area (Å²) in [5.41, 5.74) is 0.789. The third-order valence-corrected chi connectivity index (χ3v) is 3.57. The average Bonchev–Trinajstić information content (AvgIpc) is 2.92. The van der Waals surface area contributed by atoms with Crippen molar-refractivity contribution in [2.75, 3.05) is 18.5 Å². The van der Waals surface area contributed by atoms with Crippen LogP contribution in [-0.4, -0.2) is 33.9 Å². The maximum absolute atomic E-state index is 5.90. The van der Waals surface area contributed by atoms with Gasteiger partial charge in [0.2, 0.25) is 5.95 Å². The van der Waals surface area contributed by atoms with Gasteiger partial charge >= 0.3 is 0 Å². The molecule has 0 saturated carbocycles. The molecule has 1 N–H and O–H groups in total. The Kier molecular flexibility index (Phi) is 3.09. The Labute approximate surface area is 110 Å². The van der Waals surface area contributed by atoms with Crippen molar-refractivity contribution >= 4 is 23.2 Å². The molecule has 0 aromatic carbocycles. The van der Waals surface area contributed by atoms with Crippen LogP contribution in [-0.2, 0) is 4.74 Å². The van der Waals surface area contributed by atoms with Crippen LogP contribution in [0.2, 0.25) is 5.02 Å². The zero-order chi connectivity index (χ0) is 12.5. The second kappa shape index (κ2) is 4.74. The van der Waals surface area contributed by atoms with Gasteiger partial charge in [-0.2, -0.15) is 4.98 Å². The molecule has 0 amide bonds. The standard InChI is InChI=1S/C12H15ClN4O/c1-8-9(4-5-18-8)6-14-12-15-11-3-2-10(13)7-17(11)16-12/h2-3,7-9H,4-6H2,1H3,(H,14,16). The number of ether oxygens (including phenoxy) is 1. The first-order valence-electron chi connectivity index (χ1n) is 6.10. The summed E-state index contributed by atoms with van der Waals surface area (Å²) in [7, 11) is 0. The highest BCUT2D eigenvalue weighted by atomic mass is 35.5. The van der Waals surface area contributed by atoms with Crippen molar-refractivity contribution in [2.45, 2.75) is 19.4 Å². The van der Waals surface area contributed by atoms with Crippen LogP contribution in [0.1, 0.15) is 13.3 Å². The predicted octanol–water partition coefficient (Wildman–Crippen LogP) is 2.22. The number of hydrogen-bond donors (Lipinski definition) is 1. The molecule has 1 fully saturated rings. The fourth-order valence-corrected chi connectivity index (χ4v) is 2.35. The number of fused-ring (bicyclic) bond motifs is 1. The molecular formula is C12H15ClN4O. The number of nitrogens with one attached hydrogen (secondary N) is 1. The Morgan fingerprint density at radius 1 is 1.56 bits per heavy atom. The number of aromatic nitrogens is 3. The van der Waals surface area contributed by atoms with Crippen LogP contribution in [0.3, 0.4) is 0 Å². The number of hydrogen-bond acceptors (Lipinski definition) is 4. The molecule has 3 heterocycles. The Hall–Kier alpha value is -1.33. The normalized spacial score (nSPS) is 23.7. The van der Waals surface area contributed by atoms with E-state index in [1.807, 2.05) is 12.1 Å². The van der Waals surface area contributed by atoms with Gasteiger partial charge in [-0.05, 0) is 25.5 Å². The van der Waals surface area contributed by atoms with Gasteiger partial charge in [0.1, 0.15) is 0 Å². The Morgan fingerprint density at radius 2 is 2.44 bits per heavy atom. The van der Waals surface area contributed by atoms with Gasteiger partial charge < -0.3 is 10.1 Å². The van der Waals surface area contributed by atoms with E-state index in [9.17, 15) is 0 Å². The monoisotopic (exact) mass is 266 g/mol. The van der Waals surface area contributed by atoms with E-state index in [0.29, 0.717) is 23.0 Å². The van der Waals surface area contributed by atoms with Crippen LogP contribution in [0.25, 0.3) is 5.65 Å². The van der Waals surface area contributed by atoms with Crippen molar-refractivity contribution in [1.29, 1.82) is 0 Å². The lowest BCUT2D eigenvalue weighted by Crippen LogP contribution is -2.21. The van der Waals surface area contributed by atoms with Crippen LogP contribution < -0.4 is 5.32 Å². The lowest BCUT2D eigenvalue weighted by atomic mass is 10.0. The van der Waals surface area contributed by atoms with E-state index in [1.54, 1.807) is 10.7 Å². The third-order valence-electron chi connectivity index (χ3n) is 3.35. The van der Waals surface area contributed by atoms with Gasteiger partial charge in [-0.1, -0.05) is 11.6 Å². The molecule has 0 spiro atoms. The molecule has 96 valence electrons. The van der Waals surface area contributed by atoms with Gasteiger partial charge in [-0.15, -0.1) is 5.10 Å². The van der Waals surface area contributed by atoms with Gasteiger partial charge in [0, 0.05) is 25.3 Å². The quantitative estimate of drug-likeness (QED) is 0.926. The molecule has 1 saturated heterocycles. The molecule has 3 rings (SSSR count). The van der Waals surface area contributed by atoms with Gasteiger partial charge in [0.15, 0.2) is 5.65 Å². The predicted molar refractivity (Wildman–Crippen MR) is 70.0 cm³/mol. The smallest absolute Gasteiger partial charge is 0.243 e. The zero-order valence-electron chi connectivity index (χ0n) is 10.1. The molecule has 5 nitrogen and oxygen atoms in total. The van der Waals surface area contributed by atoms with Gasteiger partial charge in [0.05, 0.1) is 11.1 Å². The summed E-state index contributed by atoms with van der Waals surface area (Å²) >= 11 is 5.90. The third kappa shape index (κ3) is 2.28. The summed E-state index contributed by atoms with van der Waals surface area (Å²) in [4.78, 5) is 4.38. The molecule has 1 aliphatic heterocycles. The van der Waals surface area contributed by atoms with Crippen molar-refractivity contribution in [2.24, 2.45) is 5.92 Å². The minimum Gasteiger partial charge on any atom is -0.378 e. The van der Waals surface area contributed by atoms with Gasteiger partial charge in [-0.3, -0.25) is 0 Å². The number of nitrogens with zero attached hydrogens (tertiary/aromatic N) is 3. The summed E-state index contributed by atoms with van der Waals surface area (Å²) in [6.07, 6.45) is 3.15. The summed E-state index contributed by atoms with van der Waals surface area (Å²) in [5.74, 6) is 1.16. The lowest BCUT2D eigenvalue weighted by molar-refractivity contribution is 0.108. The van der Waals surface area contributed by atoms with E-state index < -0.39 is 0 Å². The van der Waals surface area contributed by atoms with Crippen molar-refractivity contribution in [3.8, 4) is 0 Å². The Bertz CT molecular complexity index is 556. The number of anilines is 1. The molecule has 2 aromatic heterocycles. The SMILES string of the molecule is CC1OCCC1CNc1nc2ccc(Cl)cn2n1. The maximum atomic E-state index is 5.90. The summed E-state index contributed by atoms with van der Waals surface area (Å²) in [6, 6.07) is 3.66. The summed E-state index contributed by atoms with van der Waals surface area (Å²) in [5, 5.41) is 8.24. The maximum Gasteiger partial charge on any atom is 0.243 e. The molecule has 0 aliphatic carbocycles. The largest absolute Gasteiger partial charge is 0.378 e. The first-order valence-corrected chi connectivity index (χ1v) is 6.47. The van der Waals surface area contributed by atoms with E-state index >= 15 is 0 Å². The molecular weight excluding hydrogens is 252 g/mol. The highest BCUT2D eigenvalue weighted by Gasteiger charge is 2.24. The van der Waals surface area contributed by atoms with Crippen LogP contribution in [0.15, 0.2) is 18.3 Å². The summed E-state index contributed by atoms with van der Waals surface area (Å²) in [6.45, 7) is 3.80. The first kappa shape index (κ1) is 11.7. The fourth-order valence-electron chi connectivity index (χ4n) is 2.20. The number of halogens is 1. The minimum atomic E-state index is 0.309. The van der Waals surface area contributed by atoms with E-state index in [-0.39, 0.29) is 0 Å².